The summed E-state index contributed by atoms with van der Waals surface area (Å²) in [5.41, 5.74) is 13.2. The second-order valence-electron chi connectivity index (χ2n) is 11.3. The van der Waals surface area contributed by atoms with Crippen molar-refractivity contribution in [2.75, 3.05) is 4.90 Å². The van der Waals surface area contributed by atoms with Crippen molar-refractivity contribution >= 4 is 17.1 Å². The molecular formula is C43H31N. The fourth-order valence-electron chi connectivity index (χ4n) is 7.11. The Bertz CT molecular complexity index is 2000. The van der Waals surface area contributed by atoms with Crippen molar-refractivity contribution in [1.82, 2.24) is 0 Å². The maximum absolute atomic E-state index is 2.37. The van der Waals surface area contributed by atoms with E-state index in [0.717, 1.165) is 17.1 Å². The summed E-state index contributed by atoms with van der Waals surface area (Å²) in [6.45, 7) is 0. The van der Waals surface area contributed by atoms with Crippen LogP contribution in [0.5, 0.6) is 0 Å². The maximum atomic E-state index is 2.37. The summed E-state index contributed by atoms with van der Waals surface area (Å²) in [6, 6.07) is 68.0. The highest BCUT2D eigenvalue weighted by Gasteiger charge is 2.45. The Kier molecular flexibility index (Phi) is 6.43. The third kappa shape index (κ3) is 4.09. The van der Waals surface area contributed by atoms with E-state index in [0.29, 0.717) is 0 Å². The Morgan fingerprint density at radius 3 is 1.36 bits per heavy atom. The minimum absolute atomic E-state index is 0.410. The molecule has 7 aromatic carbocycles. The van der Waals surface area contributed by atoms with Gasteiger partial charge in [-0.15, -0.1) is 0 Å². The van der Waals surface area contributed by atoms with E-state index >= 15 is 0 Å². The van der Waals surface area contributed by atoms with E-state index in [1.165, 1.54) is 44.5 Å². The van der Waals surface area contributed by atoms with Crippen molar-refractivity contribution < 1.29 is 0 Å². The van der Waals surface area contributed by atoms with Gasteiger partial charge >= 0.3 is 0 Å². The lowest BCUT2D eigenvalue weighted by Gasteiger charge is -2.34. The van der Waals surface area contributed by atoms with Crippen LogP contribution in [0.2, 0.25) is 0 Å². The second-order valence-corrected chi connectivity index (χ2v) is 11.3. The van der Waals surface area contributed by atoms with Gasteiger partial charge in [-0.05, 0) is 69.3 Å². The number of hydrogen-bond acceptors (Lipinski definition) is 1. The van der Waals surface area contributed by atoms with Crippen LogP contribution in [-0.4, -0.2) is 0 Å². The normalized spacial score (nSPS) is 12.7. The summed E-state index contributed by atoms with van der Waals surface area (Å²) in [5.74, 6) is 0. The first kappa shape index (κ1) is 26.0. The van der Waals surface area contributed by atoms with Crippen LogP contribution < -0.4 is 4.90 Å². The average Bonchev–Trinajstić information content (AvgIpc) is 3.41. The topological polar surface area (TPSA) is 3.24 Å². The third-order valence-corrected chi connectivity index (χ3v) is 8.96. The zero-order valence-electron chi connectivity index (χ0n) is 24.3. The summed E-state index contributed by atoms with van der Waals surface area (Å²) < 4.78 is 0. The van der Waals surface area contributed by atoms with Crippen LogP contribution in [0.1, 0.15) is 22.3 Å². The molecule has 0 spiro atoms. The van der Waals surface area contributed by atoms with Gasteiger partial charge < -0.3 is 4.90 Å². The molecule has 7 aromatic rings. The number of hydrogen-bond donors (Lipinski definition) is 0. The summed E-state index contributed by atoms with van der Waals surface area (Å²) in [4.78, 5) is 2.37. The summed E-state index contributed by atoms with van der Waals surface area (Å²) in [6.07, 6.45) is 0. The highest BCUT2D eigenvalue weighted by Crippen LogP contribution is 2.56. The molecule has 0 aromatic heterocycles. The summed E-state index contributed by atoms with van der Waals surface area (Å²) in [5, 5.41) is 0. The lowest BCUT2D eigenvalue weighted by molar-refractivity contribution is 0.768. The van der Waals surface area contributed by atoms with Crippen molar-refractivity contribution in [2.45, 2.75) is 5.41 Å². The highest BCUT2D eigenvalue weighted by atomic mass is 15.1. The zero-order chi connectivity index (χ0) is 29.3. The average molecular weight is 562 g/mol. The van der Waals surface area contributed by atoms with Gasteiger partial charge in [0.2, 0.25) is 0 Å². The van der Waals surface area contributed by atoms with Gasteiger partial charge in [-0.25, -0.2) is 0 Å². The molecule has 0 aliphatic heterocycles. The smallest absolute Gasteiger partial charge is 0.0713 e. The molecule has 0 fully saturated rings. The number of fused-ring (bicyclic) bond motifs is 3. The fraction of sp³-hybridized carbons (Fsp3) is 0.0233. The molecule has 0 heterocycles. The summed E-state index contributed by atoms with van der Waals surface area (Å²) in [7, 11) is 0. The predicted octanol–water partition coefficient (Wildman–Crippen LogP) is 11.2. The van der Waals surface area contributed by atoms with Crippen molar-refractivity contribution in [2.24, 2.45) is 0 Å². The Morgan fingerprint density at radius 1 is 0.318 bits per heavy atom. The molecule has 0 atom stereocenters. The van der Waals surface area contributed by atoms with Gasteiger partial charge in [-0.2, -0.15) is 0 Å². The monoisotopic (exact) mass is 561 g/mol. The van der Waals surface area contributed by atoms with Crippen molar-refractivity contribution in [1.29, 1.82) is 0 Å². The van der Waals surface area contributed by atoms with E-state index in [1.807, 2.05) is 0 Å². The predicted molar refractivity (Wildman–Crippen MR) is 184 cm³/mol. The minimum atomic E-state index is -0.410. The van der Waals surface area contributed by atoms with Gasteiger partial charge in [0, 0.05) is 16.9 Å². The first-order valence-electron chi connectivity index (χ1n) is 15.2. The van der Waals surface area contributed by atoms with E-state index in [4.69, 9.17) is 0 Å². The first-order chi connectivity index (χ1) is 21.9. The van der Waals surface area contributed by atoms with Crippen LogP contribution in [0.15, 0.2) is 188 Å². The van der Waals surface area contributed by atoms with Crippen LogP contribution in [-0.2, 0) is 5.41 Å². The highest BCUT2D eigenvalue weighted by molar-refractivity contribution is 5.89. The van der Waals surface area contributed by atoms with E-state index in [1.54, 1.807) is 0 Å². The fourth-order valence-corrected chi connectivity index (χ4v) is 7.11. The molecule has 0 saturated heterocycles. The van der Waals surface area contributed by atoms with Crippen LogP contribution in [0.25, 0.3) is 22.3 Å². The van der Waals surface area contributed by atoms with E-state index in [9.17, 15) is 0 Å². The quantitative estimate of drug-likeness (QED) is 0.195. The first-order valence-corrected chi connectivity index (χ1v) is 15.2. The van der Waals surface area contributed by atoms with E-state index in [-0.39, 0.29) is 0 Å². The molecule has 0 radical (unpaired) electrons. The van der Waals surface area contributed by atoms with Crippen LogP contribution in [0.4, 0.5) is 17.1 Å². The standard InChI is InChI=1S/C43H31N/c1-4-16-32(17-5-1)37-22-12-15-27-42(37)44(35-20-8-3-9-21-35)36-30-28-34(29-31-36)43(33-18-6-2-7-19-33)40-25-13-10-23-38(40)39-24-11-14-26-41(39)43/h1-31H. The second kappa shape index (κ2) is 10.9. The largest absolute Gasteiger partial charge is 0.310 e. The van der Waals surface area contributed by atoms with Gasteiger partial charge in [-0.3, -0.25) is 0 Å². The number of rotatable bonds is 6. The van der Waals surface area contributed by atoms with Crippen molar-refractivity contribution in [3.05, 3.63) is 210 Å². The van der Waals surface area contributed by atoms with Crippen molar-refractivity contribution in [3.8, 4) is 22.3 Å². The Labute approximate surface area is 259 Å². The molecular weight excluding hydrogens is 530 g/mol. The molecule has 8 rings (SSSR count). The van der Waals surface area contributed by atoms with Gasteiger partial charge in [-0.1, -0.05) is 158 Å². The number of benzene rings is 7. The van der Waals surface area contributed by atoms with E-state index in [2.05, 4.69) is 193 Å². The summed E-state index contributed by atoms with van der Waals surface area (Å²) >= 11 is 0. The van der Waals surface area contributed by atoms with Gasteiger partial charge in [0.05, 0.1) is 11.1 Å². The molecule has 0 saturated carbocycles. The number of para-hydroxylation sites is 2. The molecule has 44 heavy (non-hydrogen) atoms. The number of anilines is 3. The van der Waals surface area contributed by atoms with Crippen LogP contribution >= 0.6 is 0 Å². The molecule has 0 bridgehead atoms. The van der Waals surface area contributed by atoms with Gasteiger partial charge in [0.25, 0.3) is 0 Å². The lowest BCUT2D eigenvalue weighted by Crippen LogP contribution is -2.28. The Balaban J connectivity index is 1.34. The Morgan fingerprint density at radius 2 is 0.750 bits per heavy atom. The van der Waals surface area contributed by atoms with Gasteiger partial charge in [0.15, 0.2) is 0 Å². The Hall–Kier alpha value is -5.66. The molecule has 208 valence electrons. The lowest BCUT2D eigenvalue weighted by atomic mass is 9.68. The minimum Gasteiger partial charge on any atom is -0.310 e. The van der Waals surface area contributed by atoms with E-state index < -0.39 is 5.41 Å². The maximum Gasteiger partial charge on any atom is 0.0713 e. The molecule has 1 nitrogen and oxygen atoms in total. The molecule has 1 aliphatic carbocycles. The van der Waals surface area contributed by atoms with Crippen LogP contribution in [0.3, 0.4) is 0 Å². The molecule has 0 unspecified atom stereocenters. The molecule has 0 N–H and O–H groups in total. The van der Waals surface area contributed by atoms with Crippen LogP contribution in [0, 0.1) is 0 Å². The number of nitrogens with zero attached hydrogens (tertiary/aromatic N) is 1. The van der Waals surface area contributed by atoms with Crippen molar-refractivity contribution in [3.63, 3.8) is 0 Å². The molecule has 0 amide bonds. The zero-order valence-corrected chi connectivity index (χ0v) is 24.3. The van der Waals surface area contributed by atoms with Gasteiger partial charge in [0.1, 0.15) is 0 Å². The molecule has 1 heteroatoms. The molecule has 1 aliphatic rings. The third-order valence-electron chi connectivity index (χ3n) is 8.96. The SMILES string of the molecule is c1ccc(-c2ccccc2N(c2ccccc2)c2ccc(C3(c4ccccc4)c4ccccc4-c4ccccc43)cc2)cc1.